The van der Waals surface area contributed by atoms with Gasteiger partial charge in [-0.05, 0) is 33.9 Å². The van der Waals surface area contributed by atoms with Crippen LogP contribution in [0.3, 0.4) is 0 Å². The monoisotopic (exact) mass is 187 g/mol. The van der Waals surface area contributed by atoms with E-state index in [9.17, 15) is 4.79 Å². The fourth-order valence-electron chi connectivity index (χ4n) is 1.41. The molecule has 0 bridgehead atoms. The van der Waals surface area contributed by atoms with Gasteiger partial charge in [0.1, 0.15) is 0 Å². The molecule has 1 unspecified atom stereocenters. The first-order chi connectivity index (χ1) is 5.87. The van der Waals surface area contributed by atoms with Crippen molar-refractivity contribution >= 4 is 5.97 Å². The van der Waals surface area contributed by atoms with E-state index in [2.05, 4.69) is 18.7 Å². The molecule has 0 aromatic rings. The first-order valence-corrected chi connectivity index (χ1v) is 4.85. The zero-order valence-electron chi connectivity index (χ0n) is 9.29. The summed E-state index contributed by atoms with van der Waals surface area (Å²) in [6.07, 6.45) is 0. The van der Waals surface area contributed by atoms with Crippen LogP contribution in [0.5, 0.6) is 0 Å². The highest BCUT2D eigenvalue weighted by molar-refractivity contribution is 5.74. The number of carbonyl (C=O) groups is 1. The molecule has 0 rings (SSSR count). The van der Waals surface area contributed by atoms with Gasteiger partial charge in [0, 0.05) is 6.04 Å². The van der Waals surface area contributed by atoms with E-state index < -0.39 is 11.4 Å². The summed E-state index contributed by atoms with van der Waals surface area (Å²) in [6, 6.07) is 0.0694. The van der Waals surface area contributed by atoms with Gasteiger partial charge in [-0.1, -0.05) is 13.8 Å². The lowest BCUT2D eigenvalue weighted by molar-refractivity contribution is -0.150. The second-order valence-corrected chi connectivity index (χ2v) is 3.92. The molecule has 13 heavy (non-hydrogen) atoms. The second-order valence-electron chi connectivity index (χ2n) is 3.92. The maximum Gasteiger partial charge on any atom is 0.310 e. The molecule has 78 valence electrons. The molecule has 0 fully saturated rings. The van der Waals surface area contributed by atoms with Crippen LogP contribution in [0, 0.1) is 5.41 Å². The molecule has 0 spiro atoms. The normalized spacial score (nSPS) is 14.6. The van der Waals surface area contributed by atoms with E-state index >= 15 is 0 Å². The number of carboxylic acids is 1. The lowest BCUT2D eigenvalue weighted by Crippen LogP contribution is -2.47. The van der Waals surface area contributed by atoms with E-state index in [0.29, 0.717) is 0 Å². The summed E-state index contributed by atoms with van der Waals surface area (Å²) < 4.78 is 0. The van der Waals surface area contributed by atoms with Gasteiger partial charge in [-0.25, -0.2) is 0 Å². The number of hydrogen-bond donors (Lipinski definition) is 1. The number of hydrogen-bond acceptors (Lipinski definition) is 2. The van der Waals surface area contributed by atoms with E-state index in [1.165, 1.54) is 0 Å². The Morgan fingerprint density at radius 1 is 1.38 bits per heavy atom. The molecule has 1 atom stereocenters. The van der Waals surface area contributed by atoms with Crippen LogP contribution < -0.4 is 0 Å². The molecule has 0 heterocycles. The third-order valence-corrected chi connectivity index (χ3v) is 2.96. The minimum absolute atomic E-state index is 0.0694. The SMILES string of the molecule is CCN(CC)C(C)C(C)(C)C(=O)O. The zero-order valence-corrected chi connectivity index (χ0v) is 9.29. The van der Waals surface area contributed by atoms with Gasteiger partial charge in [0.2, 0.25) is 0 Å². The molecular formula is C10H21NO2. The van der Waals surface area contributed by atoms with Crippen molar-refractivity contribution in [3.05, 3.63) is 0 Å². The van der Waals surface area contributed by atoms with Crippen molar-refractivity contribution in [2.75, 3.05) is 13.1 Å². The number of rotatable bonds is 5. The maximum absolute atomic E-state index is 11.0. The van der Waals surface area contributed by atoms with Crippen LogP contribution in [0.1, 0.15) is 34.6 Å². The molecule has 3 heteroatoms. The number of aliphatic carboxylic acids is 1. The van der Waals surface area contributed by atoms with Gasteiger partial charge >= 0.3 is 5.97 Å². The average molecular weight is 187 g/mol. The molecular weight excluding hydrogens is 166 g/mol. The predicted molar refractivity (Wildman–Crippen MR) is 53.8 cm³/mol. The largest absolute Gasteiger partial charge is 0.481 e. The Labute approximate surface area is 80.7 Å². The van der Waals surface area contributed by atoms with Gasteiger partial charge in [-0.2, -0.15) is 0 Å². The molecule has 0 aliphatic heterocycles. The molecule has 3 nitrogen and oxygen atoms in total. The van der Waals surface area contributed by atoms with Crippen molar-refractivity contribution in [3.63, 3.8) is 0 Å². The summed E-state index contributed by atoms with van der Waals surface area (Å²) in [5.74, 6) is -0.730. The highest BCUT2D eigenvalue weighted by Gasteiger charge is 2.36. The smallest absolute Gasteiger partial charge is 0.310 e. The highest BCUT2D eigenvalue weighted by atomic mass is 16.4. The van der Waals surface area contributed by atoms with Crippen LogP contribution >= 0.6 is 0 Å². The minimum atomic E-state index is -0.730. The van der Waals surface area contributed by atoms with Crippen molar-refractivity contribution in [2.24, 2.45) is 5.41 Å². The molecule has 0 saturated carbocycles. The summed E-state index contributed by atoms with van der Waals surface area (Å²) in [7, 11) is 0. The van der Waals surface area contributed by atoms with E-state index in [1.807, 2.05) is 6.92 Å². The van der Waals surface area contributed by atoms with Crippen LogP contribution in [-0.4, -0.2) is 35.1 Å². The van der Waals surface area contributed by atoms with Crippen LogP contribution in [0.2, 0.25) is 0 Å². The van der Waals surface area contributed by atoms with Gasteiger partial charge < -0.3 is 10.0 Å². The summed E-state index contributed by atoms with van der Waals surface area (Å²) in [5.41, 5.74) is -0.675. The lowest BCUT2D eigenvalue weighted by atomic mass is 9.84. The fraction of sp³-hybridized carbons (Fsp3) is 0.900. The third kappa shape index (κ3) is 2.69. The number of carboxylic acid groups (broad SMARTS) is 1. The summed E-state index contributed by atoms with van der Waals surface area (Å²) in [6.45, 7) is 11.4. The topological polar surface area (TPSA) is 40.5 Å². The van der Waals surface area contributed by atoms with Gasteiger partial charge in [0.25, 0.3) is 0 Å². The minimum Gasteiger partial charge on any atom is -0.481 e. The molecule has 0 aliphatic carbocycles. The molecule has 0 aromatic heterocycles. The summed E-state index contributed by atoms with van der Waals surface area (Å²) >= 11 is 0. The van der Waals surface area contributed by atoms with E-state index in [0.717, 1.165) is 13.1 Å². The summed E-state index contributed by atoms with van der Waals surface area (Å²) in [4.78, 5) is 13.1. The van der Waals surface area contributed by atoms with Crippen LogP contribution in [0.25, 0.3) is 0 Å². The molecule has 0 aliphatic rings. The Balaban J connectivity index is 4.55. The predicted octanol–water partition coefficient (Wildman–Crippen LogP) is 1.83. The van der Waals surface area contributed by atoms with Crippen LogP contribution in [0.4, 0.5) is 0 Å². The van der Waals surface area contributed by atoms with Crippen molar-refractivity contribution in [1.82, 2.24) is 4.90 Å². The standard InChI is InChI=1S/C10H21NO2/c1-6-11(7-2)8(3)10(4,5)9(12)13/h8H,6-7H2,1-5H3,(H,12,13). The molecule has 0 aromatic carbocycles. The Hall–Kier alpha value is -0.570. The summed E-state index contributed by atoms with van der Waals surface area (Å²) in [5, 5.41) is 9.02. The quantitative estimate of drug-likeness (QED) is 0.713. The van der Waals surface area contributed by atoms with Crippen molar-refractivity contribution in [3.8, 4) is 0 Å². The Kier molecular flexibility index (Phi) is 4.40. The first kappa shape index (κ1) is 12.4. The number of nitrogens with zero attached hydrogens (tertiary/aromatic N) is 1. The van der Waals surface area contributed by atoms with Gasteiger partial charge in [-0.3, -0.25) is 4.79 Å². The second kappa shape index (κ2) is 4.61. The fourth-order valence-corrected chi connectivity index (χ4v) is 1.41. The third-order valence-electron chi connectivity index (χ3n) is 2.96. The Morgan fingerprint density at radius 2 is 1.77 bits per heavy atom. The van der Waals surface area contributed by atoms with E-state index in [4.69, 9.17) is 5.11 Å². The van der Waals surface area contributed by atoms with Crippen LogP contribution in [-0.2, 0) is 4.79 Å². The average Bonchev–Trinajstić information content (AvgIpc) is 2.06. The molecule has 1 N–H and O–H groups in total. The van der Waals surface area contributed by atoms with Crippen molar-refractivity contribution in [1.29, 1.82) is 0 Å². The van der Waals surface area contributed by atoms with Crippen LogP contribution in [0.15, 0.2) is 0 Å². The van der Waals surface area contributed by atoms with Gasteiger partial charge in [-0.15, -0.1) is 0 Å². The zero-order chi connectivity index (χ0) is 10.6. The molecule has 0 radical (unpaired) electrons. The van der Waals surface area contributed by atoms with E-state index in [1.54, 1.807) is 13.8 Å². The van der Waals surface area contributed by atoms with Crippen molar-refractivity contribution < 1.29 is 9.90 Å². The Morgan fingerprint density at radius 3 is 2.00 bits per heavy atom. The maximum atomic E-state index is 11.0. The lowest BCUT2D eigenvalue weighted by Gasteiger charge is -2.36. The van der Waals surface area contributed by atoms with Gasteiger partial charge in [0.05, 0.1) is 5.41 Å². The first-order valence-electron chi connectivity index (χ1n) is 4.85. The van der Waals surface area contributed by atoms with E-state index in [-0.39, 0.29) is 6.04 Å². The van der Waals surface area contributed by atoms with Crippen molar-refractivity contribution in [2.45, 2.75) is 40.7 Å². The molecule has 0 saturated heterocycles. The Bertz CT molecular complexity index is 174. The van der Waals surface area contributed by atoms with Gasteiger partial charge in [0.15, 0.2) is 0 Å². The highest BCUT2D eigenvalue weighted by Crippen LogP contribution is 2.24. The molecule has 0 amide bonds.